The predicted octanol–water partition coefficient (Wildman–Crippen LogP) is 0.816. The number of hydrogen-bond acceptors (Lipinski definition) is 0. The van der Waals surface area contributed by atoms with Gasteiger partial charge in [-0.1, -0.05) is 13.8 Å². The molecular weight excluding hydrogens is 478 g/mol. The van der Waals surface area contributed by atoms with Gasteiger partial charge in [-0.25, -0.2) is 0 Å². The van der Waals surface area contributed by atoms with Gasteiger partial charge in [-0.05, 0) is 0 Å². The van der Waals surface area contributed by atoms with Crippen LogP contribution in [0.15, 0.2) is 59.8 Å². The molecule has 148 valence electrons. The van der Waals surface area contributed by atoms with E-state index in [1.165, 1.54) is 23.2 Å². The average Bonchev–Trinajstić information content (AvgIpc) is 3.27. The Morgan fingerprint density at radius 1 is 0.821 bits per heavy atom. The molecule has 2 aromatic carbocycles. The SMILES string of the molecule is CC.CC[SiH](CC)C1=Cc2ccccc2[CH]1[Zr+2][CH]1C=Cc2ccccc21.[Cl-].[Cl-]. The van der Waals surface area contributed by atoms with Crippen molar-refractivity contribution in [3.05, 3.63) is 82.1 Å². The topological polar surface area (TPSA) is 0 Å². The summed E-state index contributed by atoms with van der Waals surface area (Å²) in [6.07, 6.45) is 7.46. The standard InChI is InChI=1S/C13H17Si.C9H7.C2H6.2ClH.Zr/c1-3-14(4-2)13-9-11-7-5-6-8-12(11)10-13;1-2-5-9-7-3-6-8(9)4-1;1-2;;;/h5-10,14H,3-4H2,1-2H3;1-7H;1-2H3;2*1H;/q;;;;;+2/p-2. The molecule has 0 fully saturated rings. The molecule has 2 aliphatic rings. The van der Waals surface area contributed by atoms with Crippen LogP contribution in [0.4, 0.5) is 0 Å². The summed E-state index contributed by atoms with van der Waals surface area (Å²) in [5, 5.41) is 1.88. The number of benzene rings is 2. The first-order valence-electron chi connectivity index (χ1n) is 10.2. The van der Waals surface area contributed by atoms with Crippen LogP contribution in [0.5, 0.6) is 0 Å². The van der Waals surface area contributed by atoms with Gasteiger partial charge < -0.3 is 24.8 Å². The van der Waals surface area contributed by atoms with Crippen molar-refractivity contribution in [2.45, 2.75) is 47.0 Å². The molecule has 2 atom stereocenters. The second kappa shape index (κ2) is 12.3. The molecule has 0 bridgehead atoms. The van der Waals surface area contributed by atoms with Crippen molar-refractivity contribution in [2.24, 2.45) is 0 Å². The van der Waals surface area contributed by atoms with Crippen LogP contribution in [0.3, 0.4) is 0 Å². The molecule has 2 aliphatic carbocycles. The van der Waals surface area contributed by atoms with Crippen molar-refractivity contribution in [3.63, 3.8) is 0 Å². The summed E-state index contributed by atoms with van der Waals surface area (Å²) < 4.78 is 1.55. The molecular formula is C24H30Cl2SiZr. The average molecular weight is 509 g/mol. The molecule has 4 heteroatoms. The van der Waals surface area contributed by atoms with E-state index in [4.69, 9.17) is 0 Å². The van der Waals surface area contributed by atoms with Crippen LogP contribution >= 0.6 is 0 Å². The molecule has 28 heavy (non-hydrogen) atoms. The molecule has 0 spiro atoms. The maximum Gasteiger partial charge on any atom is -1.00 e. The van der Waals surface area contributed by atoms with Gasteiger partial charge in [0.15, 0.2) is 0 Å². The van der Waals surface area contributed by atoms with Crippen molar-refractivity contribution >= 4 is 20.9 Å². The number of halogens is 2. The van der Waals surface area contributed by atoms with Crippen LogP contribution in [0.2, 0.25) is 12.1 Å². The van der Waals surface area contributed by atoms with Crippen molar-refractivity contribution in [1.82, 2.24) is 0 Å². The summed E-state index contributed by atoms with van der Waals surface area (Å²) in [6.45, 7) is 8.83. The smallest absolute Gasteiger partial charge is 1.00 e. The fourth-order valence-electron chi connectivity index (χ4n) is 4.22. The van der Waals surface area contributed by atoms with E-state index in [2.05, 4.69) is 80.6 Å². The van der Waals surface area contributed by atoms with Crippen molar-refractivity contribution < 1.29 is 48.0 Å². The number of allylic oxidation sites excluding steroid dienone is 2. The van der Waals surface area contributed by atoms with Crippen LogP contribution in [0.25, 0.3) is 12.2 Å². The molecule has 2 unspecified atom stereocenters. The van der Waals surface area contributed by atoms with Gasteiger partial charge in [-0.15, -0.1) is 0 Å². The molecule has 0 nitrogen and oxygen atoms in total. The Hall–Kier alpha value is -0.400. The first-order chi connectivity index (χ1) is 12.8. The fourth-order valence-corrected chi connectivity index (χ4v) is 13.4. The van der Waals surface area contributed by atoms with Crippen molar-refractivity contribution in [3.8, 4) is 0 Å². The molecule has 0 N–H and O–H groups in total. The minimum atomic E-state index is -0.756. The molecule has 0 heterocycles. The molecule has 2 aromatic rings. The van der Waals surface area contributed by atoms with Crippen molar-refractivity contribution in [2.75, 3.05) is 0 Å². The van der Waals surface area contributed by atoms with Gasteiger partial charge in [0.05, 0.1) is 0 Å². The number of fused-ring (bicyclic) bond motifs is 2. The van der Waals surface area contributed by atoms with E-state index in [-0.39, 0.29) is 24.8 Å². The molecule has 4 rings (SSSR count). The van der Waals surface area contributed by atoms with Gasteiger partial charge in [0, 0.05) is 0 Å². The molecule has 0 saturated carbocycles. The Kier molecular flexibility index (Phi) is 11.3. The normalized spacial score (nSPS) is 18.0. The predicted molar refractivity (Wildman–Crippen MR) is 115 cm³/mol. The minimum Gasteiger partial charge on any atom is -1.00 e. The Labute approximate surface area is 196 Å². The van der Waals surface area contributed by atoms with Crippen molar-refractivity contribution in [1.29, 1.82) is 0 Å². The minimum absolute atomic E-state index is 0. The first kappa shape index (κ1) is 25.6. The second-order valence-electron chi connectivity index (χ2n) is 6.85. The van der Waals surface area contributed by atoms with E-state index in [9.17, 15) is 0 Å². The van der Waals surface area contributed by atoms with E-state index in [1.807, 2.05) is 19.0 Å². The van der Waals surface area contributed by atoms with Gasteiger partial charge in [0.1, 0.15) is 0 Å². The summed E-state index contributed by atoms with van der Waals surface area (Å²) in [5.74, 6) is 0. The second-order valence-corrected chi connectivity index (χ2v) is 14.3. The monoisotopic (exact) mass is 506 g/mol. The van der Waals surface area contributed by atoms with E-state index in [1.54, 1.807) is 11.1 Å². The third kappa shape index (κ3) is 5.20. The third-order valence-electron chi connectivity index (χ3n) is 5.57. The van der Waals surface area contributed by atoms with E-state index < -0.39 is 32.0 Å². The Balaban J connectivity index is 0.000000950. The molecule has 0 radical (unpaired) electrons. The first-order valence-corrected chi connectivity index (χ1v) is 15.2. The van der Waals surface area contributed by atoms with Crippen LogP contribution in [0.1, 0.15) is 57.2 Å². The summed E-state index contributed by atoms with van der Waals surface area (Å²) in [7, 11) is -0.756. The zero-order valence-corrected chi connectivity index (χ0v) is 22.4. The summed E-state index contributed by atoms with van der Waals surface area (Å²) in [4.78, 5) is 0. The Bertz CT molecular complexity index is 812. The molecule has 0 saturated heterocycles. The van der Waals surface area contributed by atoms with Gasteiger partial charge in [-0.3, -0.25) is 0 Å². The maximum atomic E-state index is 2.59. The molecule has 0 amide bonds. The zero-order chi connectivity index (χ0) is 18.5. The van der Waals surface area contributed by atoms with E-state index >= 15 is 0 Å². The Morgan fingerprint density at radius 3 is 2.04 bits per heavy atom. The molecule has 0 aromatic heterocycles. The number of rotatable bonds is 5. The quantitative estimate of drug-likeness (QED) is 0.525. The largest absolute Gasteiger partial charge is 1.00 e. The molecule has 0 aliphatic heterocycles. The van der Waals surface area contributed by atoms with Crippen LogP contribution in [0, 0.1) is 0 Å². The Morgan fingerprint density at radius 2 is 1.39 bits per heavy atom. The summed E-state index contributed by atoms with van der Waals surface area (Å²) >= 11 is -0.623. The van der Waals surface area contributed by atoms with Gasteiger partial charge in [0.2, 0.25) is 0 Å². The van der Waals surface area contributed by atoms with E-state index in [0.29, 0.717) is 0 Å². The van der Waals surface area contributed by atoms with E-state index in [0.717, 1.165) is 7.25 Å². The zero-order valence-electron chi connectivity index (χ0n) is 17.3. The van der Waals surface area contributed by atoms with Gasteiger partial charge in [0.25, 0.3) is 0 Å². The van der Waals surface area contributed by atoms with Crippen LogP contribution < -0.4 is 24.8 Å². The van der Waals surface area contributed by atoms with Crippen LogP contribution in [-0.2, 0) is 23.2 Å². The maximum absolute atomic E-state index is 2.59. The third-order valence-corrected chi connectivity index (χ3v) is 14.3. The van der Waals surface area contributed by atoms with Crippen LogP contribution in [-0.4, -0.2) is 8.80 Å². The van der Waals surface area contributed by atoms with Gasteiger partial charge in [-0.2, -0.15) is 0 Å². The number of hydrogen-bond donors (Lipinski definition) is 0. The fraction of sp³-hybridized carbons (Fsp3) is 0.333. The summed E-state index contributed by atoms with van der Waals surface area (Å²) in [5.41, 5.74) is 6.23. The van der Waals surface area contributed by atoms with Gasteiger partial charge >= 0.3 is 159 Å². The summed E-state index contributed by atoms with van der Waals surface area (Å²) in [6, 6.07) is 21.0.